The van der Waals surface area contributed by atoms with E-state index in [-0.39, 0.29) is 22.8 Å². The molecule has 0 radical (unpaired) electrons. The van der Waals surface area contributed by atoms with Crippen LogP contribution in [0.25, 0.3) is 5.76 Å². The highest BCUT2D eigenvalue weighted by atomic mass is 16.5. The van der Waals surface area contributed by atoms with Gasteiger partial charge in [0, 0.05) is 18.3 Å². The average molecular weight is 472 g/mol. The second-order valence-corrected chi connectivity index (χ2v) is 7.87. The zero-order valence-corrected chi connectivity index (χ0v) is 19.4. The topological polar surface area (TPSA) is 105 Å². The Labute approximate surface area is 202 Å². The lowest BCUT2D eigenvalue weighted by molar-refractivity contribution is -0.132. The van der Waals surface area contributed by atoms with E-state index in [0.717, 1.165) is 0 Å². The van der Waals surface area contributed by atoms with Crippen molar-refractivity contribution in [2.24, 2.45) is 0 Å². The number of carbonyl (C=O) groups excluding carboxylic acids is 3. The van der Waals surface area contributed by atoms with Crippen LogP contribution in [-0.2, 0) is 14.4 Å². The van der Waals surface area contributed by atoms with Crippen molar-refractivity contribution in [1.29, 1.82) is 0 Å². The maximum absolute atomic E-state index is 13.3. The van der Waals surface area contributed by atoms with Crippen LogP contribution in [0, 0.1) is 0 Å². The number of ether oxygens (including phenoxy) is 2. The fourth-order valence-corrected chi connectivity index (χ4v) is 4.10. The maximum atomic E-state index is 13.3. The number of anilines is 2. The minimum atomic E-state index is -0.890. The number of carbonyl (C=O) groups is 3. The molecule has 1 aliphatic heterocycles. The Balaban J connectivity index is 1.90. The Morgan fingerprint density at radius 3 is 2.23 bits per heavy atom. The zero-order chi connectivity index (χ0) is 25.1. The molecule has 1 unspecified atom stereocenters. The molecule has 2 amide bonds. The number of Topliss-reactive ketones (excluding diaryl/α,β-unsaturated/α-hetero) is 1. The summed E-state index contributed by atoms with van der Waals surface area (Å²) in [5, 5.41) is 14.0. The number of nitrogens with one attached hydrogen (secondary N) is 1. The van der Waals surface area contributed by atoms with Gasteiger partial charge in [-0.05, 0) is 48.0 Å². The van der Waals surface area contributed by atoms with Crippen molar-refractivity contribution in [3.8, 4) is 11.5 Å². The average Bonchev–Trinajstić information content (AvgIpc) is 3.14. The van der Waals surface area contributed by atoms with E-state index in [0.29, 0.717) is 28.4 Å². The van der Waals surface area contributed by atoms with Crippen molar-refractivity contribution in [2.75, 3.05) is 24.4 Å². The van der Waals surface area contributed by atoms with Gasteiger partial charge in [-0.2, -0.15) is 0 Å². The predicted molar refractivity (Wildman–Crippen MR) is 132 cm³/mol. The molecular formula is C27H24N2O6. The molecule has 0 spiro atoms. The van der Waals surface area contributed by atoms with Crippen LogP contribution in [0.2, 0.25) is 0 Å². The highest BCUT2D eigenvalue weighted by Crippen LogP contribution is 2.43. The van der Waals surface area contributed by atoms with Crippen LogP contribution in [0.4, 0.5) is 11.4 Å². The van der Waals surface area contributed by atoms with Gasteiger partial charge in [-0.25, -0.2) is 0 Å². The largest absolute Gasteiger partial charge is 0.507 e. The number of aliphatic hydroxyl groups is 1. The zero-order valence-electron chi connectivity index (χ0n) is 19.4. The summed E-state index contributed by atoms with van der Waals surface area (Å²) in [6.45, 7) is 1.40. The number of ketones is 1. The minimum absolute atomic E-state index is 0.0707. The molecule has 1 heterocycles. The molecule has 8 heteroatoms. The SMILES string of the molecule is COc1ccc(OC)c(/C(O)=C2\C(=O)C(=O)N(c3ccc(NC(C)=O)cc3)C2c2ccccc2)c1. The molecule has 1 fully saturated rings. The lowest BCUT2D eigenvalue weighted by Gasteiger charge is -2.25. The number of hydrogen-bond donors (Lipinski definition) is 2. The fraction of sp³-hybridized carbons (Fsp3) is 0.148. The van der Waals surface area contributed by atoms with Gasteiger partial charge >= 0.3 is 0 Å². The van der Waals surface area contributed by atoms with E-state index in [1.165, 1.54) is 26.0 Å². The first-order valence-electron chi connectivity index (χ1n) is 10.8. The molecular weight excluding hydrogens is 448 g/mol. The van der Waals surface area contributed by atoms with E-state index in [1.54, 1.807) is 66.7 Å². The van der Waals surface area contributed by atoms with Gasteiger partial charge in [-0.15, -0.1) is 0 Å². The first kappa shape index (κ1) is 23.6. The van der Waals surface area contributed by atoms with Crippen LogP contribution in [0.1, 0.15) is 24.1 Å². The molecule has 4 rings (SSSR count). The Morgan fingerprint density at radius 1 is 0.943 bits per heavy atom. The monoisotopic (exact) mass is 472 g/mol. The molecule has 3 aromatic carbocycles. The first-order chi connectivity index (χ1) is 16.8. The summed E-state index contributed by atoms with van der Waals surface area (Å²) in [5.74, 6) is -1.44. The van der Waals surface area contributed by atoms with Crippen molar-refractivity contribution in [2.45, 2.75) is 13.0 Å². The van der Waals surface area contributed by atoms with E-state index in [1.807, 2.05) is 6.07 Å². The van der Waals surface area contributed by atoms with Gasteiger partial charge in [0.1, 0.15) is 17.3 Å². The van der Waals surface area contributed by atoms with Gasteiger partial charge in [0.05, 0.1) is 31.4 Å². The van der Waals surface area contributed by atoms with Crippen molar-refractivity contribution in [1.82, 2.24) is 0 Å². The summed E-state index contributed by atoms with van der Waals surface area (Å²) < 4.78 is 10.7. The van der Waals surface area contributed by atoms with Crippen molar-refractivity contribution in [3.63, 3.8) is 0 Å². The number of methoxy groups -OCH3 is 2. The van der Waals surface area contributed by atoms with Gasteiger partial charge in [0.25, 0.3) is 11.7 Å². The van der Waals surface area contributed by atoms with E-state index in [9.17, 15) is 19.5 Å². The quantitative estimate of drug-likeness (QED) is 0.315. The minimum Gasteiger partial charge on any atom is -0.507 e. The molecule has 1 aliphatic rings. The van der Waals surface area contributed by atoms with E-state index < -0.39 is 17.7 Å². The van der Waals surface area contributed by atoms with Gasteiger partial charge in [0.2, 0.25) is 5.91 Å². The van der Waals surface area contributed by atoms with Crippen LogP contribution < -0.4 is 19.7 Å². The van der Waals surface area contributed by atoms with Crippen molar-refractivity contribution in [3.05, 3.63) is 89.5 Å². The lowest BCUT2D eigenvalue weighted by Crippen LogP contribution is -2.29. The second kappa shape index (κ2) is 9.72. The molecule has 2 N–H and O–H groups in total. The number of amides is 2. The third-order valence-corrected chi connectivity index (χ3v) is 5.69. The van der Waals surface area contributed by atoms with Crippen molar-refractivity contribution >= 4 is 34.7 Å². The third-order valence-electron chi connectivity index (χ3n) is 5.69. The van der Waals surface area contributed by atoms with Gasteiger partial charge < -0.3 is 19.9 Å². The summed E-state index contributed by atoms with van der Waals surface area (Å²) in [5.41, 5.74) is 1.79. The lowest BCUT2D eigenvalue weighted by atomic mass is 9.94. The molecule has 3 aromatic rings. The van der Waals surface area contributed by atoms with Crippen LogP contribution >= 0.6 is 0 Å². The van der Waals surface area contributed by atoms with E-state index >= 15 is 0 Å². The number of aliphatic hydroxyl groups excluding tert-OH is 1. The van der Waals surface area contributed by atoms with Gasteiger partial charge in [-0.3, -0.25) is 19.3 Å². The highest BCUT2D eigenvalue weighted by Gasteiger charge is 2.47. The van der Waals surface area contributed by atoms with Crippen LogP contribution in [0.3, 0.4) is 0 Å². The maximum Gasteiger partial charge on any atom is 0.300 e. The number of rotatable bonds is 6. The Bertz CT molecular complexity index is 1320. The predicted octanol–water partition coefficient (Wildman–Crippen LogP) is 4.29. The molecule has 0 saturated carbocycles. The molecule has 0 aromatic heterocycles. The molecule has 0 aliphatic carbocycles. The van der Waals surface area contributed by atoms with Crippen LogP contribution in [0.5, 0.6) is 11.5 Å². The van der Waals surface area contributed by atoms with Gasteiger partial charge in [0.15, 0.2) is 0 Å². The summed E-state index contributed by atoms with van der Waals surface area (Å²) in [6, 6.07) is 19.5. The summed E-state index contributed by atoms with van der Waals surface area (Å²) in [4.78, 5) is 39.3. The first-order valence-corrected chi connectivity index (χ1v) is 10.8. The second-order valence-electron chi connectivity index (χ2n) is 7.87. The Kier molecular flexibility index (Phi) is 6.55. The molecule has 1 saturated heterocycles. The fourth-order valence-electron chi connectivity index (χ4n) is 4.10. The van der Waals surface area contributed by atoms with Crippen LogP contribution in [-0.4, -0.2) is 36.9 Å². The van der Waals surface area contributed by atoms with Crippen molar-refractivity contribution < 1.29 is 29.0 Å². The molecule has 178 valence electrons. The Morgan fingerprint density at radius 2 is 1.63 bits per heavy atom. The van der Waals surface area contributed by atoms with Crippen LogP contribution in [0.15, 0.2) is 78.4 Å². The summed E-state index contributed by atoms with van der Waals surface area (Å²) in [7, 11) is 2.93. The smallest absolute Gasteiger partial charge is 0.300 e. The van der Waals surface area contributed by atoms with Gasteiger partial charge in [-0.1, -0.05) is 30.3 Å². The van der Waals surface area contributed by atoms with E-state index in [2.05, 4.69) is 5.32 Å². The number of hydrogen-bond acceptors (Lipinski definition) is 6. The molecule has 35 heavy (non-hydrogen) atoms. The normalized spacial score (nSPS) is 16.8. The molecule has 1 atom stereocenters. The number of nitrogens with zero attached hydrogens (tertiary/aromatic N) is 1. The standard InChI is InChI=1S/C27H24N2O6/c1-16(30)28-18-9-11-19(12-10-18)29-24(17-7-5-4-6-8-17)23(26(32)27(29)33)25(31)21-15-20(34-2)13-14-22(21)35-3/h4-15,24,31H,1-3H3,(H,28,30)/b25-23+. The summed E-state index contributed by atoms with van der Waals surface area (Å²) >= 11 is 0. The molecule has 8 nitrogen and oxygen atoms in total. The number of benzene rings is 3. The Hall–Kier alpha value is -4.59. The molecule has 0 bridgehead atoms. The summed E-state index contributed by atoms with van der Waals surface area (Å²) in [6.07, 6.45) is 0. The third kappa shape index (κ3) is 4.46. The highest BCUT2D eigenvalue weighted by molar-refractivity contribution is 6.51. The van der Waals surface area contributed by atoms with E-state index in [4.69, 9.17) is 9.47 Å².